The van der Waals surface area contributed by atoms with E-state index in [2.05, 4.69) is 5.32 Å². The minimum Gasteiger partial charge on any atom is -0.444 e. The molecule has 1 aliphatic heterocycles. The lowest BCUT2D eigenvalue weighted by molar-refractivity contribution is 0.0434. The summed E-state index contributed by atoms with van der Waals surface area (Å²) in [5, 5.41) is 3.02. The fourth-order valence-electron chi connectivity index (χ4n) is 2.41. The van der Waals surface area contributed by atoms with Gasteiger partial charge >= 0.3 is 6.09 Å². The first kappa shape index (κ1) is 11.7. The van der Waals surface area contributed by atoms with E-state index in [1.54, 1.807) is 0 Å². The highest BCUT2D eigenvalue weighted by molar-refractivity contribution is 5.69. The third-order valence-electron chi connectivity index (χ3n) is 3.20. The molecule has 0 radical (unpaired) electrons. The number of alkyl carbamates (subject to hydrolysis) is 1. The molecule has 0 bridgehead atoms. The van der Waals surface area contributed by atoms with E-state index >= 15 is 0 Å². The van der Waals surface area contributed by atoms with E-state index < -0.39 is 5.60 Å². The van der Waals surface area contributed by atoms with Crippen LogP contribution in [-0.2, 0) is 9.47 Å². The highest BCUT2D eigenvalue weighted by Crippen LogP contribution is 2.39. The van der Waals surface area contributed by atoms with Crippen LogP contribution in [0.5, 0.6) is 0 Å². The first-order valence-electron chi connectivity index (χ1n) is 6.04. The predicted molar refractivity (Wildman–Crippen MR) is 60.3 cm³/mol. The molecule has 1 atom stereocenters. The van der Waals surface area contributed by atoms with Crippen molar-refractivity contribution >= 4 is 6.09 Å². The van der Waals surface area contributed by atoms with Crippen molar-refractivity contribution in [3.63, 3.8) is 0 Å². The summed E-state index contributed by atoms with van der Waals surface area (Å²) in [6.07, 6.45) is 4.24. The molecule has 1 N–H and O–H groups in total. The lowest BCUT2D eigenvalue weighted by atomic mass is 9.94. The number of carbonyl (C=O) groups excluding carboxylic acids is 1. The van der Waals surface area contributed by atoms with E-state index in [0.717, 1.165) is 32.3 Å². The minimum absolute atomic E-state index is 0.150. The van der Waals surface area contributed by atoms with Crippen molar-refractivity contribution in [1.82, 2.24) is 5.32 Å². The molecule has 4 heteroatoms. The van der Waals surface area contributed by atoms with Gasteiger partial charge in [0.2, 0.25) is 0 Å². The van der Waals surface area contributed by atoms with Crippen molar-refractivity contribution in [2.45, 2.75) is 63.7 Å². The number of carbonyl (C=O) groups is 1. The first-order valence-corrected chi connectivity index (χ1v) is 6.04. The Morgan fingerprint density at radius 1 is 1.38 bits per heavy atom. The van der Waals surface area contributed by atoms with Gasteiger partial charge in [0.1, 0.15) is 11.7 Å². The van der Waals surface area contributed by atoms with Crippen molar-refractivity contribution in [1.29, 1.82) is 0 Å². The Hall–Kier alpha value is -0.770. The van der Waals surface area contributed by atoms with E-state index in [4.69, 9.17) is 9.47 Å². The van der Waals surface area contributed by atoms with Crippen LogP contribution in [0.15, 0.2) is 0 Å². The standard InChI is InChI=1S/C12H21NO3/c1-11(2,3)16-10(14)13-12(9-8-15-9)6-4-5-7-12/h9H,4-8H2,1-3H3,(H,13,14)/t9-/m0/s1. The summed E-state index contributed by atoms with van der Waals surface area (Å²) in [6, 6.07) is 0. The van der Waals surface area contributed by atoms with Gasteiger partial charge in [0.05, 0.1) is 12.1 Å². The van der Waals surface area contributed by atoms with Crippen LogP contribution in [-0.4, -0.2) is 29.9 Å². The molecule has 1 saturated heterocycles. The molecule has 1 amide bonds. The molecule has 2 aliphatic rings. The Bertz CT molecular complexity index is 272. The third-order valence-corrected chi connectivity index (χ3v) is 3.20. The molecule has 92 valence electrons. The van der Waals surface area contributed by atoms with E-state index in [9.17, 15) is 4.79 Å². The Balaban J connectivity index is 1.93. The fourth-order valence-corrected chi connectivity index (χ4v) is 2.41. The van der Waals surface area contributed by atoms with Crippen molar-refractivity contribution in [3.8, 4) is 0 Å². The maximum atomic E-state index is 11.8. The van der Waals surface area contributed by atoms with Crippen LogP contribution in [0, 0.1) is 0 Å². The number of epoxide rings is 1. The van der Waals surface area contributed by atoms with Crippen LogP contribution < -0.4 is 5.32 Å². The van der Waals surface area contributed by atoms with Crippen LogP contribution in [0.4, 0.5) is 4.79 Å². The van der Waals surface area contributed by atoms with Crippen LogP contribution in [0.2, 0.25) is 0 Å². The molecule has 2 rings (SSSR count). The molecular formula is C12H21NO3. The Morgan fingerprint density at radius 2 is 1.94 bits per heavy atom. The average Bonchev–Trinajstić information content (AvgIpc) is 2.86. The molecule has 0 aromatic rings. The molecule has 1 saturated carbocycles. The number of hydrogen-bond donors (Lipinski definition) is 1. The summed E-state index contributed by atoms with van der Waals surface area (Å²) >= 11 is 0. The molecule has 1 heterocycles. The van der Waals surface area contributed by atoms with Gasteiger partial charge in [-0.2, -0.15) is 0 Å². The predicted octanol–water partition coefficient (Wildman–Crippen LogP) is 2.22. The average molecular weight is 227 g/mol. The fraction of sp³-hybridized carbons (Fsp3) is 0.917. The summed E-state index contributed by atoms with van der Waals surface area (Å²) in [5.41, 5.74) is -0.587. The number of rotatable bonds is 2. The van der Waals surface area contributed by atoms with Gasteiger partial charge in [-0.3, -0.25) is 0 Å². The summed E-state index contributed by atoms with van der Waals surface area (Å²) in [7, 11) is 0. The molecule has 0 spiro atoms. The number of nitrogens with one attached hydrogen (secondary N) is 1. The van der Waals surface area contributed by atoms with E-state index in [1.807, 2.05) is 20.8 Å². The number of hydrogen-bond acceptors (Lipinski definition) is 3. The van der Waals surface area contributed by atoms with E-state index in [0.29, 0.717) is 0 Å². The summed E-state index contributed by atoms with van der Waals surface area (Å²) in [6.45, 7) is 6.40. The zero-order valence-electron chi connectivity index (χ0n) is 10.3. The summed E-state index contributed by atoms with van der Waals surface area (Å²) < 4.78 is 10.7. The third kappa shape index (κ3) is 2.67. The molecule has 16 heavy (non-hydrogen) atoms. The van der Waals surface area contributed by atoms with Crippen molar-refractivity contribution in [2.24, 2.45) is 0 Å². The second kappa shape index (κ2) is 3.91. The molecule has 1 aliphatic carbocycles. The highest BCUT2D eigenvalue weighted by Gasteiger charge is 2.50. The monoisotopic (exact) mass is 227 g/mol. The molecule has 2 fully saturated rings. The normalized spacial score (nSPS) is 27.6. The van der Waals surface area contributed by atoms with Gasteiger partial charge in [-0.1, -0.05) is 12.8 Å². The van der Waals surface area contributed by atoms with Crippen LogP contribution in [0.1, 0.15) is 46.5 Å². The smallest absolute Gasteiger partial charge is 0.408 e. The second-order valence-electron chi connectivity index (χ2n) is 5.81. The first-order chi connectivity index (χ1) is 7.41. The van der Waals surface area contributed by atoms with E-state index in [-0.39, 0.29) is 17.7 Å². The highest BCUT2D eigenvalue weighted by atomic mass is 16.6. The minimum atomic E-state index is -0.436. The van der Waals surface area contributed by atoms with Gasteiger partial charge in [-0.15, -0.1) is 0 Å². The quantitative estimate of drug-likeness (QED) is 0.736. The van der Waals surface area contributed by atoms with Gasteiger partial charge in [-0.25, -0.2) is 4.79 Å². The number of ether oxygens (including phenoxy) is 2. The SMILES string of the molecule is CC(C)(C)OC(=O)NC1([C@@H]2CO2)CCCC1. The van der Waals surface area contributed by atoms with Gasteiger partial charge in [0.25, 0.3) is 0 Å². The zero-order valence-corrected chi connectivity index (χ0v) is 10.3. The molecule has 0 unspecified atom stereocenters. The van der Waals surface area contributed by atoms with Crippen molar-refractivity contribution in [2.75, 3.05) is 6.61 Å². The van der Waals surface area contributed by atoms with Crippen LogP contribution in [0.25, 0.3) is 0 Å². The van der Waals surface area contributed by atoms with Gasteiger partial charge in [0, 0.05) is 0 Å². The van der Waals surface area contributed by atoms with Gasteiger partial charge in [0.15, 0.2) is 0 Å². The Kier molecular flexibility index (Phi) is 2.86. The van der Waals surface area contributed by atoms with Crippen LogP contribution in [0.3, 0.4) is 0 Å². The molecule has 4 nitrogen and oxygen atoms in total. The molecule has 0 aromatic heterocycles. The largest absolute Gasteiger partial charge is 0.444 e. The lowest BCUT2D eigenvalue weighted by Gasteiger charge is -2.30. The molecular weight excluding hydrogens is 206 g/mol. The summed E-state index contributed by atoms with van der Waals surface area (Å²) in [5.74, 6) is 0. The van der Waals surface area contributed by atoms with Crippen molar-refractivity contribution in [3.05, 3.63) is 0 Å². The molecule has 0 aromatic carbocycles. The Morgan fingerprint density at radius 3 is 2.38 bits per heavy atom. The maximum absolute atomic E-state index is 11.8. The van der Waals surface area contributed by atoms with Crippen molar-refractivity contribution < 1.29 is 14.3 Å². The maximum Gasteiger partial charge on any atom is 0.408 e. The zero-order chi connectivity index (χ0) is 11.8. The topological polar surface area (TPSA) is 50.9 Å². The second-order valence-corrected chi connectivity index (χ2v) is 5.81. The van der Waals surface area contributed by atoms with Gasteiger partial charge in [-0.05, 0) is 33.6 Å². The van der Waals surface area contributed by atoms with E-state index in [1.165, 1.54) is 0 Å². The van der Waals surface area contributed by atoms with Gasteiger partial charge < -0.3 is 14.8 Å². The summed E-state index contributed by atoms with van der Waals surface area (Å²) in [4.78, 5) is 11.8. The number of amides is 1. The lowest BCUT2D eigenvalue weighted by Crippen LogP contribution is -2.52. The Labute approximate surface area is 96.7 Å². The van der Waals surface area contributed by atoms with Crippen LogP contribution >= 0.6 is 0 Å².